The predicted molar refractivity (Wildman–Crippen MR) is 207 cm³/mol. The largest absolute Gasteiger partial charge is 0.394 e. The molecule has 1 aliphatic rings. The Labute approximate surface area is 311 Å². The molecule has 9 nitrogen and oxygen atoms in total. The average Bonchev–Trinajstić information content (AvgIpc) is 3.13. The van der Waals surface area contributed by atoms with Crippen LogP contribution in [-0.2, 0) is 14.3 Å². The number of hydrogen-bond donors (Lipinski definition) is 6. The van der Waals surface area contributed by atoms with Crippen LogP contribution in [0.3, 0.4) is 0 Å². The van der Waals surface area contributed by atoms with Crippen LogP contribution in [0.15, 0.2) is 24.3 Å². The van der Waals surface area contributed by atoms with E-state index in [0.717, 1.165) is 57.8 Å². The Balaban J connectivity index is 2.42. The summed E-state index contributed by atoms with van der Waals surface area (Å²) in [6.45, 7) is 3.74. The van der Waals surface area contributed by atoms with E-state index in [-0.39, 0.29) is 12.5 Å². The van der Waals surface area contributed by atoms with E-state index in [0.29, 0.717) is 6.42 Å². The zero-order chi connectivity index (χ0) is 37.4. The second kappa shape index (κ2) is 33.3. The van der Waals surface area contributed by atoms with Gasteiger partial charge in [0.25, 0.3) is 0 Å². The fourth-order valence-corrected chi connectivity index (χ4v) is 6.56. The average molecular weight is 726 g/mol. The van der Waals surface area contributed by atoms with E-state index in [1.54, 1.807) is 6.08 Å². The number of nitrogens with one attached hydrogen (secondary N) is 1. The fraction of sp³-hybridized carbons (Fsp3) is 0.881. The molecule has 51 heavy (non-hydrogen) atoms. The number of hydrogen-bond acceptors (Lipinski definition) is 8. The van der Waals surface area contributed by atoms with Gasteiger partial charge < -0.3 is 40.3 Å². The summed E-state index contributed by atoms with van der Waals surface area (Å²) in [5, 5.41) is 54.0. The van der Waals surface area contributed by atoms with Crippen LogP contribution >= 0.6 is 0 Å². The first kappa shape index (κ1) is 47.7. The molecule has 0 saturated carbocycles. The molecule has 300 valence electrons. The third kappa shape index (κ3) is 24.6. The number of unbranched alkanes of at least 4 members (excludes halogenated alkanes) is 22. The van der Waals surface area contributed by atoms with Crippen molar-refractivity contribution in [2.45, 2.75) is 224 Å². The van der Waals surface area contributed by atoms with Crippen molar-refractivity contribution in [3.8, 4) is 0 Å². The maximum absolute atomic E-state index is 12.9. The van der Waals surface area contributed by atoms with Gasteiger partial charge in [-0.05, 0) is 44.9 Å². The lowest BCUT2D eigenvalue weighted by Crippen LogP contribution is -2.60. The molecule has 0 aliphatic carbocycles. The fourth-order valence-electron chi connectivity index (χ4n) is 6.56. The second-order valence-electron chi connectivity index (χ2n) is 14.8. The van der Waals surface area contributed by atoms with Crippen molar-refractivity contribution in [3.05, 3.63) is 24.3 Å². The molecule has 0 aromatic rings. The molecule has 1 aliphatic heterocycles. The number of carbonyl (C=O) groups excluding carboxylic acids is 1. The van der Waals surface area contributed by atoms with Crippen molar-refractivity contribution in [1.82, 2.24) is 5.32 Å². The number of allylic oxidation sites excluding steroid dienone is 3. The van der Waals surface area contributed by atoms with Crippen LogP contribution in [0.2, 0.25) is 0 Å². The minimum atomic E-state index is -1.56. The number of ether oxygens (including phenoxy) is 2. The van der Waals surface area contributed by atoms with E-state index < -0.39 is 49.5 Å². The molecule has 0 bridgehead atoms. The van der Waals surface area contributed by atoms with Gasteiger partial charge in [-0.15, -0.1) is 0 Å². The first-order valence-electron chi connectivity index (χ1n) is 21.1. The van der Waals surface area contributed by atoms with E-state index in [1.165, 1.54) is 103 Å². The highest BCUT2D eigenvalue weighted by atomic mass is 16.7. The zero-order valence-electron chi connectivity index (χ0n) is 32.6. The van der Waals surface area contributed by atoms with E-state index in [2.05, 4.69) is 31.3 Å². The molecule has 1 amide bonds. The van der Waals surface area contributed by atoms with Gasteiger partial charge in [-0.1, -0.05) is 154 Å². The highest BCUT2D eigenvalue weighted by Crippen LogP contribution is 2.22. The maximum Gasteiger partial charge on any atom is 0.220 e. The molecule has 1 saturated heterocycles. The molecule has 7 atom stereocenters. The lowest BCUT2D eigenvalue weighted by molar-refractivity contribution is -0.302. The summed E-state index contributed by atoms with van der Waals surface area (Å²) in [5.41, 5.74) is 0. The van der Waals surface area contributed by atoms with Crippen LogP contribution in [-0.4, -0.2) is 87.5 Å². The minimum absolute atomic E-state index is 0.187. The third-order valence-corrected chi connectivity index (χ3v) is 10.0. The van der Waals surface area contributed by atoms with Crippen LogP contribution < -0.4 is 5.32 Å². The van der Waals surface area contributed by atoms with Gasteiger partial charge in [0.15, 0.2) is 6.29 Å². The number of aliphatic hydroxyl groups is 5. The van der Waals surface area contributed by atoms with Crippen molar-refractivity contribution in [2.24, 2.45) is 0 Å². The molecule has 1 heterocycles. The molecule has 6 N–H and O–H groups in total. The maximum atomic E-state index is 12.9. The van der Waals surface area contributed by atoms with Crippen molar-refractivity contribution in [1.29, 1.82) is 0 Å². The molecule has 9 heteroatoms. The first-order chi connectivity index (χ1) is 24.8. The van der Waals surface area contributed by atoms with Gasteiger partial charge in [-0.3, -0.25) is 4.79 Å². The van der Waals surface area contributed by atoms with Crippen molar-refractivity contribution in [2.75, 3.05) is 13.2 Å². The van der Waals surface area contributed by atoms with Gasteiger partial charge in [0.05, 0.1) is 25.4 Å². The van der Waals surface area contributed by atoms with E-state index in [4.69, 9.17) is 9.47 Å². The van der Waals surface area contributed by atoms with Crippen LogP contribution in [0.1, 0.15) is 181 Å². The molecule has 0 aromatic heterocycles. The van der Waals surface area contributed by atoms with Crippen molar-refractivity contribution < 1.29 is 39.8 Å². The van der Waals surface area contributed by atoms with Gasteiger partial charge in [0.1, 0.15) is 24.4 Å². The highest BCUT2D eigenvalue weighted by Gasteiger charge is 2.44. The Morgan fingerprint density at radius 1 is 0.647 bits per heavy atom. The van der Waals surface area contributed by atoms with Crippen LogP contribution in [0.4, 0.5) is 0 Å². The van der Waals surface area contributed by atoms with Gasteiger partial charge in [-0.2, -0.15) is 0 Å². The Morgan fingerprint density at radius 2 is 1.10 bits per heavy atom. The van der Waals surface area contributed by atoms with Gasteiger partial charge >= 0.3 is 0 Å². The number of aliphatic hydroxyl groups excluding tert-OH is 5. The quantitative estimate of drug-likeness (QED) is 0.0289. The minimum Gasteiger partial charge on any atom is -0.394 e. The Morgan fingerprint density at radius 3 is 1.59 bits per heavy atom. The van der Waals surface area contributed by atoms with E-state index >= 15 is 0 Å². The van der Waals surface area contributed by atoms with Gasteiger partial charge in [0.2, 0.25) is 5.91 Å². The summed E-state index contributed by atoms with van der Waals surface area (Å²) < 4.78 is 11.2. The summed E-state index contributed by atoms with van der Waals surface area (Å²) >= 11 is 0. The predicted octanol–water partition coefficient (Wildman–Crippen LogP) is 7.94. The standard InChI is InChI=1S/C42H79NO8/c1-3-5-7-9-11-13-15-17-18-20-22-24-26-28-30-32-38(46)43-35(34-50-42-41(49)40(48)39(47)37(33-44)51-42)36(45)31-29-27-25-23-21-19-16-14-12-10-8-6-4-2/h17-18,29,31,35-37,39-42,44-45,47-49H,3-16,19-28,30,32-34H2,1-2H3,(H,43,46)/t35?,36?,37-,39+,40+,41-,42-/m1/s1. The third-order valence-electron chi connectivity index (χ3n) is 10.0. The number of rotatable bonds is 34. The van der Waals surface area contributed by atoms with Crippen LogP contribution in [0, 0.1) is 0 Å². The van der Waals surface area contributed by atoms with Crippen molar-refractivity contribution in [3.63, 3.8) is 0 Å². The summed E-state index contributed by atoms with van der Waals surface area (Å²) in [6, 6.07) is -0.804. The molecule has 1 fully saturated rings. The second-order valence-corrected chi connectivity index (χ2v) is 14.8. The smallest absolute Gasteiger partial charge is 0.220 e. The molecule has 2 unspecified atom stereocenters. The monoisotopic (exact) mass is 726 g/mol. The lowest BCUT2D eigenvalue weighted by Gasteiger charge is -2.40. The topological polar surface area (TPSA) is 149 Å². The number of amides is 1. The SMILES string of the molecule is CCCCCCCCC=CCCCCCCCC(=O)NC(CO[C@@H]1O[C@H](CO)[C@H](O)[C@H](O)[C@H]1O)C(O)C=CCCCCCCCCCCCCC. The Hall–Kier alpha value is -1.33. The first-order valence-corrected chi connectivity index (χ1v) is 21.1. The zero-order valence-corrected chi connectivity index (χ0v) is 32.6. The van der Waals surface area contributed by atoms with E-state index in [1.807, 2.05) is 6.08 Å². The summed E-state index contributed by atoms with van der Waals surface area (Å²) in [6.07, 6.45) is 30.7. The molecule has 0 aromatic carbocycles. The van der Waals surface area contributed by atoms with Gasteiger partial charge in [-0.25, -0.2) is 0 Å². The normalized spacial score (nSPS) is 22.2. The van der Waals surface area contributed by atoms with Crippen LogP contribution in [0.25, 0.3) is 0 Å². The number of carbonyl (C=O) groups is 1. The van der Waals surface area contributed by atoms with Crippen LogP contribution in [0.5, 0.6) is 0 Å². The van der Waals surface area contributed by atoms with E-state index in [9.17, 15) is 30.3 Å². The molecular weight excluding hydrogens is 646 g/mol. The summed E-state index contributed by atoms with van der Waals surface area (Å²) in [7, 11) is 0. The molecule has 1 rings (SSSR count). The molecule has 0 radical (unpaired) electrons. The lowest BCUT2D eigenvalue weighted by atomic mass is 9.99. The van der Waals surface area contributed by atoms with Crippen molar-refractivity contribution >= 4 is 5.91 Å². The Bertz CT molecular complexity index is 853. The Kier molecular flexibility index (Phi) is 31.1. The highest BCUT2D eigenvalue weighted by molar-refractivity contribution is 5.76. The molecule has 0 spiro atoms. The summed E-state index contributed by atoms with van der Waals surface area (Å²) in [4.78, 5) is 12.9. The molecular formula is C42H79NO8. The summed E-state index contributed by atoms with van der Waals surface area (Å²) in [5.74, 6) is -0.187. The van der Waals surface area contributed by atoms with Gasteiger partial charge in [0, 0.05) is 6.42 Å².